The Morgan fingerprint density at radius 2 is 1.69 bits per heavy atom. The van der Waals surface area contributed by atoms with Gasteiger partial charge in [0.1, 0.15) is 6.61 Å². The highest BCUT2D eigenvalue weighted by atomic mass is 16.5. The molecular weight excluding hydrogens is 524 g/mol. The number of rotatable bonds is 16. The first-order valence-corrected chi connectivity index (χ1v) is 17.4. The van der Waals surface area contributed by atoms with Gasteiger partial charge in [0.25, 0.3) is 0 Å². The number of carbonyl (C=O) groups is 3. The highest BCUT2D eigenvalue weighted by molar-refractivity contribution is 6.01. The summed E-state index contributed by atoms with van der Waals surface area (Å²) in [5.41, 5.74) is 0.587. The molecule has 236 valence electrons. The number of ketones is 2. The summed E-state index contributed by atoms with van der Waals surface area (Å²) >= 11 is 0. The number of fused-ring (bicyclic) bond motifs is 5. The molecule has 0 aromatic heterocycles. The molecule has 0 aromatic rings. The van der Waals surface area contributed by atoms with Crippen LogP contribution in [0, 0.1) is 40.4 Å². The lowest BCUT2D eigenvalue weighted by atomic mass is 9.46. The number of carbonyl (C=O) groups excluding carboxylic acids is 3. The Balaban J connectivity index is 1.16. The molecule has 4 aliphatic carbocycles. The smallest absolute Gasteiger partial charge is 0.306 e. The highest BCUT2D eigenvalue weighted by Gasteiger charge is 2.62. The summed E-state index contributed by atoms with van der Waals surface area (Å²) in [6, 6.07) is 0. The molecule has 42 heavy (non-hydrogen) atoms. The topological polar surface area (TPSA) is 80.7 Å². The average Bonchev–Trinajstić information content (AvgIpc) is 3.30. The van der Waals surface area contributed by atoms with E-state index in [9.17, 15) is 19.5 Å². The molecule has 0 aromatic carbocycles. The second kappa shape index (κ2) is 14.8. The van der Waals surface area contributed by atoms with E-state index in [-0.39, 0.29) is 46.8 Å². The fraction of sp³-hybridized carbons (Fsp3) is 0.811. The van der Waals surface area contributed by atoms with Crippen LogP contribution in [0.5, 0.6) is 0 Å². The Kier molecular flexibility index (Phi) is 11.7. The highest BCUT2D eigenvalue weighted by Crippen LogP contribution is 2.66. The van der Waals surface area contributed by atoms with E-state index in [1.165, 1.54) is 51.4 Å². The molecule has 0 radical (unpaired) electrons. The van der Waals surface area contributed by atoms with Crippen LogP contribution in [0.25, 0.3) is 0 Å². The van der Waals surface area contributed by atoms with Crippen LogP contribution in [0.4, 0.5) is 0 Å². The van der Waals surface area contributed by atoms with Gasteiger partial charge in [0, 0.05) is 23.7 Å². The van der Waals surface area contributed by atoms with E-state index in [1.54, 1.807) is 12.2 Å². The summed E-state index contributed by atoms with van der Waals surface area (Å²) in [4.78, 5) is 37.9. The molecule has 0 amide bonds. The van der Waals surface area contributed by atoms with Gasteiger partial charge in [-0.25, -0.2) is 0 Å². The molecule has 3 fully saturated rings. The largest absolute Gasteiger partial charge is 0.458 e. The first-order chi connectivity index (χ1) is 20.1. The maximum absolute atomic E-state index is 13.4. The molecule has 0 saturated heterocycles. The van der Waals surface area contributed by atoms with Gasteiger partial charge in [0.15, 0.2) is 11.6 Å². The zero-order valence-electron chi connectivity index (χ0n) is 27.0. The summed E-state index contributed by atoms with van der Waals surface area (Å²) < 4.78 is 5.49. The summed E-state index contributed by atoms with van der Waals surface area (Å²) in [5, 5.41) is 11.5. The van der Waals surface area contributed by atoms with Crippen LogP contribution in [-0.4, -0.2) is 35.4 Å². The van der Waals surface area contributed by atoms with E-state index in [0.29, 0.717) is 24.7 Å². The van der Waals surface area contributed by atoms with Crippen molar-refractivity contribution in [1.29, 1.82) is 0 Å². The van der Waals surface area contributed by atoms with Crippen molar-refractivity contribution in [3.8, 4) is 0 Å². The van der Waals surface area contributed by atoms with Gasteiger partial charge in [-0.05, 0) is 73.8 Å². The van der Waals surface area contributed by atoms with Crippen LogP contribution < -0.4 is 0 Å². The van der Waals surface area contributed by atoms with Gasteiger partial charge < -0.3 is 9.84 Å². The molecule has 8 unspecified atom stereocenters. The van der Waals surface area contributed by atoms with Crippen molar-refractivity contribution < 1.29 is 24.2 Å². The molecule has 5 nitrogen and oxygen atoms in total. The third-order valence-corrected chi connectivity index (χ3v) is 11.9. The van der Waals surface area contributed by atoms with Crippen molar-refractivity contribution in [3.05, 3.63) is 23.8 Å². The van der Waals surface area contributed by atoms with Gasteiger partial charge in [0.2, 0.25) is 0 Å². The molecule has 0 spiro atoms. The summed E-state index contributed by atoms with van der Waals surface area (Å²) in [5.74, 6) is 1.22. The van der Waals surface area contributed by atoms with E-state index in [0.717, 1.165) is 56.4 Å². The maximum Gasteiger partial charge on any atom is 0.306 e. The Morgan fingerprint density at radius 1 is 1.00 bits per heavy atom. The van der Waals surface area contributed by atoms with Crippen LogP contribution in [-0.2, 0) is 19.1 Å². The molecule has 0 bridgehead atoms. The first-order valence-electron chi connectivity index (χ1n) is 17.4. The normalized spacial score (nSPS) is 34.3. The van der Waals surface area contributed by atoms with Crippen LogP contribution in [0.3, 0.4) is 0 Å². The lowest BCUT2D eigenvalue weighted by Crippen LogP contribution is -2.56. The van der Waals surface area contributed by atoms with Crippen molar-refractivity contribution in [3.63, 3.8) is 0 Å². The number of esters is 1. The zero-order chi connectivity index (χ0) is 30.3. The second-order valence-corrected chi connectivity index (χ2v) is 14.8. The minimum atomic E-state index is -0.521. The number of ether oxygens (including phenoxy) is 1. The lowest BCUT2D eigenvalue weighted by Gasteiger charge is -2.58. The number of Topliss-reactive ketones (excluding diaryl/α,β-unsaturated/α-hetero) is 1. The number of unbranched alkanes of at least 4 members (excludes halogenated alkanes) is 7. The van der Waals surface area contributed by atoms with Gasteiger partial charge in [-0.2, -0.15) is 0 Å². The van der Waals surface area contributed by atoms with Crippen molar-refractivity contribution >= 4 is 17.5 Å². The van der Waals surface area contributed by atoms with E-state index < -0.39 is 6.10 Å². The van der Waals surface area contributed by atoms with Gasteiger partial charge in [-0.3, -0.25) is 14.4 Å². The second-order valence-electron chi connectivity index (χ2n) is 14.8. The number of allylic oxidation sites excluding steroid dienone is 4. The maximum atomic E-state index is 13.4. The Bertz CT molecular complexity index is 1010. The van der Waals surface area contributed by atoms with E-state index in [2.05, 4.69) is 27.7 Å². The molecule has 3 saturated carbocycles. The Labute approximate surface area is 255 Å². The standard InChI is InChI=1S/C37H58O5/c1-5-6-7-11-14-26(2)15-12-9-8-10-13-16-34(41)42-25-33(40)31-20-19-30-29-18-17-27-23-28(38)21-22-36(27,3)35(29)32(39)24-37(30,31)4/h21-23,26,29-32,35,39H,5-20,24-25H2,1-4H3. The van der Waals surface area contributed by atoms with Crippen LogP contribution >= 0.6 is 0 Å². The minimum absolute atomic E-state index is 0.0218. The molecule has 8 atom stereocenters. The fourth-order valence-electron chi connectivity index (χ4n) is 9.54. The summed E-state index contributed by atoms with van der Waals surface area (Å²) in [7, 11) is 0. The molecule has 0 heterocycles. The number of hydrogen-bond donors (Lipinski definition) is 1. The first kappa shape index (κ1) is 33.1. The van der Waals surface area contributed by atoms with Crippen molar-refractivity contribution in [2.24, 2.45) is 40.4 Å². The quantitative estimate of drug-likeness (QED) is 0.146. The average molecular weight is 583 g/mol. The molecule has 4 rings (SSSR count). The van der Waals surface area contributed by atoms with E-state index in [4.69, 9.17) is 4.74 Å². The van der Waals surface area contributed by atoms with Crippen LogP contribution in [0.1, 0.15) is 137 Å². The Morgan fingerprint density at radius 3 is 2.43 bits per heavy atom. The number of aliphatic hydroxyl groups is 1. The third-order valence-electron chi connectivity index (χ3n) is 11.9. The van der Waals surface area contributed by atoms with Crippen LogP contribution in [0.15, 0.2) is 23.8 Å². The van der Waals surface area contributed by atoms with Crippen molar-refractivity contribution in [2.45, 2.75) is 143 Å². The lowest BCUT2D eigenvalue weighted by molar-refractivity contribution is -0.153. The monoisotopic (exact) mass is 582 g/mol. The van der Waals surface area contributed by atoms with E-state index in [1.807, 2.05) is 6.08 Å². The van der Waals surface area contributed by atoms with Gasteiger partial charge in [-0.15, -0.1) is 0 Å². The minimum Gasteiger partial charge on any atom is -0.458 e. The number of hydrogen-bond acceptors (Lipinski definition) is 5. The van der Waals surface area contributed by atoms with Gasteiger partial charge in [-0.1, -0.05) is 104 Å². The van der Waals surface area contributed by atoms with Gasteiger partial charge in [0.05, 0.1) is 6.10 Å². The predicted octanol–water partition coefficient (Wildman–Crippen LogP) is 8.33. The molecule has 0 aliphatic heterocycles. The van der Waals surface area contributed by atoms with Crippen molar-refractivity contribution in [2.75, 3.05) is 6.61 Å². The van der Waals surface area contributed by atoms with Gasteiger partial charge >= 0.3 is 5.97 Å². The molecule has 1 N–H and O–H groups in total. The fourth-order valence-corrected chi connectivity index (χ4v) is 9.54. The van der Waals surface area contributed by atoms with Crippen molar-refractivity contribution in [1.82, 2.24) is 0 Å². The molecule has 5 heteroatoms. The summed E-state index contributed by atoms with van der Waals surface area (Å²) in [6.45, 7) is 8.87. The Hall–Kier alpha value is -1.75. The van der Waals surface area contributed by atoms with Crippen LogP contribution in [0.2, 0.25) is 0 Å². The van der Waals surface area contributed by atoms with E-state index >= 15 is 0 Å². The molecule has 4 aliphatic rings. The number of aliphatic hydroxyl groups excluding tert-OH is 1. The summed E-state index contributed by atoms with van der Waals surface area (Å²) in [6.07, 6.45) is 23.1. The SMILES string of the molecule is CCCCCCC(C)CCCCCCCC(=O)OCC(=O)C1CCC2C3CCC4=CC(=O)C=CC4(C)C3C(O)CC12C. The predicted molar refractivity (Wildman–Crippen MR) is 168 cm³/mol. The zero-order valence-corrected chi connectivity index (χ0v) is 27.0. The third kappa shape index (κ3) is 7.48. The molecular formula is C37H58O5.